The molecule has 1 aliphatic heterocycles. The Labute approximate surface area is 131 Å². The van der Waals surface area contributed by atoms with Crippen LogP contribution in [0.2, 0.25) is 0 Å². The standard InChI is InChI=1S/C16H14BrNO3/c17-12-5-7-13(8-6-12)21-11-16(19)18-9-10-20-15-4-2-1-3-14(15)18/h1-8H,9-11H2. The quantitative estimate of drug-likeness (QED) is 0.855. The van der Waals surface area contributed by atoms with Crippen LogP contribution in [-0.4, -0.2) is 25.7 Å². The molecule has 3 rings (SSSR count). The van der Waals surface area contributed by atoms with Crippen molar-refractivity contribution < 1.29 is 14.3 Å². The predicted octanol–water partition coefficient (Wildman–Crippen LogP) is 3.25. The van der Waals surface area contributed by atoms with Crippen molar-refractivity contribution in [1.29, 1.82) is 0 Å². The molecule has 1 aliphatic rings. The molecule has 0 bridgehead atoms. The lowest BCUT2D eigenvalue weighted by atomic mass is 10.2. The van der Waals surface area contributed by atoms with Crippen molar-refractivity contribution in [3.05, 3.63) is 53.0 Å². The lowest BCUT2D eigenvalue weighted by molar-refractivity contribution is -0.120. The van der Waals surface area contributed by atoms with Crippen LogP contribution in [0.15, 0.2) is 53.0 Å². The monoisotopic (exact) mass is 347 g/mol. The van der Waals surface area contributed by atoms with E-state index in [2.05, 4.69) is 15.9 Å². The summed E-state index contributed by atoms with van der Waals surface area (Å²) in [5.41, 5.74) is 0.799. The molecule has 0 spiro atoms. The van der Waals surface area contributed by atoms with Gasteiger partial charge in [-0.15, -0.1) is 0 Å². The van der Waals surface area contributed by atoms with Gasteiger partial charge >= 0.3 is 0 Å². The molecule has 0 aromatic heterocycles. The van der Waals surface area contributed by atoms with Crippen LogP contribution < -0.4 is 14.4 Å². The summed E-state index contributed by atoms with van der Waals surface area (Å²) in [7, 11) is 0. The fourth-order valence-electron chi connectivity index (χ4n) is 2.18. The van der Waals surface area contributed by atoms with Crippen molar-refractivity contribution in [2.45, 2.75) is 0 Å². The maximum Gasteiger partial charge on any atom is 0.265 e. The Morgan fingerprint density at radius 1 is 1.19 bits per heavy atom. The summed E-state index contributed by atoms with van der Waals surface area (Å²) in [6, 6.07) is 14.9. The zero-order valence-electron chi connectivity index (χ0n) is 11.3. The van der Waals surface area contributed by atoms with Gasteiger partial charge in [-0.2, -0.15) is 0 Å². The predicted molar refractivity (Wildman–Crippen MR) is 83.9 cm³/mol. The van der Waals surface area contributed by atoms with E-state index in [4.69, 9.17) is 9.47 Å². The number of nitrogens with zero attached hydrogens (tertiary/aromatic N) is 1. The van der Waals surface area contributed by atoms with E-state index in [9.17, 15) is 4.79 Å². The van der Waals surface area contributed by atoms with Gasteiger partial charge in [-0.25, -0.2) is 0 Å². The Balaban J connectivity index is 1.68. The lowest BCUT2D eigenvalue weighted by Gasteiger charge is -2.29. The van der Waals surface area contributed by atoms with Crippen LogP contribution in [0.4, 0.5) is 5.69 Å². The van der Waals surface area contributed by atoms with Crippen molar-refractivity contribution in [1.82, 2.24) is 0 Å². The summed E-state index contributed by atoms with van der Waals surface area (Å²) in [5.74, 6) is 1.34. The zero-order valence-corrected chi connectivity index (χ0v) is 12.9. The maximum atomic E-state index is 12.3. The number of carbonyl (C=O) groups is 1. The topological polar surface area (TPSA) is 38.8 Å². The molecule has 4 nitrogen and oxygen atoms in total. The van der Waals surface area contributed by atoms with E-state index in [0.717, 1.165) is 15.9 Å². The zero-order chi connectivity index (χ0) is 14.7. The third-order valence-electron chi connectivity index (χ3n) is 3.21. The van der Waals surface area contributed by atoms with Gasteiger partial charge in [0.15, 0.2) is 6.61 Å². The van der Waals surface area contributed by atoms with Gasteiger partial charge in [0.25, 0.3) is 5.91 Å². The summed E-state index contributed by atoms with van der Waals surface area (Å²) in [6.45, 7) is 1.05. The van der Waals surface area contributed by atoms with Gasteiger partial charge in [0.05, 0.1) is 12.2 Å². The molecule has 2 aromatic rings. The Hall–Kier alpha value is -2.01. The van der Waals surface area contributed by atoms with E-state index < -0.39 is 0 Å². The number of ether oxygens (including phenoxy) is 2. The largest absolute Gasteiger partial charge is 0.490 e. The summed E-state index contributed by atoms with van der Waals surface area (Å²) in [4.78, 5) is 14.0. The van der Waals surface area contributed by atoms with Crippen LogP contribution in [-0.2, 0) is 4.79 Å². The number of anilines is 1. The smallest absolute Gasteiger partial charge is 0.265 e. The van der Waals surface area contributed by atoms with E-state index in [-0.39, 0.29) is 12.5 Å². The molecule has 0 fully saturated rings. The van der Waals surface area contributed by atoms with E-state index >= 15 is 0 Å². The van der Waals surface area contributed by atoms with Crippen LogP contribution >= 0.6 is 15.9 Å². The van der Waals surface area contributed by atoms with Gasteiger partial charge in [-0.05, 0) is 36.4 Å². The Bertz CT molecular complexity index is 642. The minimum Gasteiger partial charge on any atom is -0.490 e. The average Bonchev–Trinajstić information content (AvgIpc) is 2.53. The molecule has 0 unspecified atom stereocenters. The number of hydrogen-bond donors (Lipinski definition) is 0. The summed E-state index contributed by atoms with van der Waals surface area (Å²) >= 11 is 3.36. The molecule has 0 radical (unpaired) electrons. The highest BCUT2D eigenvalue weighted by Crippen LogP contribution is 2.31. The summed E-state index contributed by atoms with van der Waals surface area (Å²) in [5, 5.41) is 0. The maximum absolute atomic E-state index is 12.3. The second-order valence-corrected chi connectivity index (χ2v) is 5.52. The van der Waals surface area contributed by atoms with Crippen molar-refractivity contribution in [2.75, 3.05) is 24.7 Å². The first-order valence-electron chi connectivity index (χ1n) is 6.64. The Kier molecular flexibility index (Phi) is 4.10. The molecule has 0 N–H and O–H groups in total. The van der Waals surface area contributed by atoms with Crippen molar-refractivity contribution in [3.63, 3.8) is 0 Å². The fraction of sp³-hybridized carbons (Fsp3) is 0.188. The van der Waals surface area contributed by atoms with E-state index in [0.29, 0.717) is 18.9 Å². The highest BCUT2D eigenvalue weighted by atomic mass is 79.9. The van der Waals surface area contributed by atoms with Gasteiger partial charge < -0.3 is 14.4 Å². The first-order valence-corrected chi connectivity index (χ1v) is 7.44. The van der Waals surface area contributed by atoms with E-state index in [1.165, 1.54) is 0 Å². The van der Waals surface area contributed by atoms with Crippen LogP contribution in [0.3, 0.4) is 0 Å². The fourth-order valence-corrected chi connectivity index (χ4v) is 2.45. The highest BCUT2D eigenvalue weighted by molar-refractivity contribution is 9.10. The number of hydrogen-bond acceptors (Lipinski definition) is 3. The number of rotatable bonds is 3. The Morgan fingerprint density at radius 2 is 1.95 bits per heavy atom. The number of carbonyl (C=O) groups excluding carboxylic acids is 1. The molecule has 0 saturated carbocycles. The third kappa shape index (κ3) is 3.19. The third-order valence-corrected chi connectivity index (χ3v) is 3.73. The molecule has 21 heavy (non-hydrogen) atoms. The molecule has 0 aliphatic carbocycles. The normalized spacial score (nSPS) is 13.3. The van der Waals surface area contributed by atoms with E-state index in [1.54, 1.807) is 4.90 Å². The number of amides is 1. The van der Waals surface area contributed by atoms with Crippen LogP contribution in [0, 0.1) is 0 Å². The molecule has 1 heterocycles. The van der Waals surface area contributed by atoms with Crippen molar-refractivity contribution >= 4 is 27.5 Å². The van der Waals surface area contributed by atoms with Crippen LogP contribution in [0.25, 0.3) is 0 Å². The molecule has 2 aromatic carbocycles. The van der Waals surface area contributed by atoms with Gasteiger partial charge in [-0.1, -0.05) is 28.1 Å². The van der Waals surface area contributed by atoms with Crippen molar-refractivity contribution in [3.8, 4) is 11.5 Å². The minimum atomic E-state index is -0.0753. The molecule has 108 valence electrons. The van der Waals surface area contributed by atoms with Crippen molar-refractivity contribution in [2.24, 2.45) is 0 Å². The van der Waals surface area contributed by atoms with Gasteiger partial charge in [-0.3, -0.25) is 4.79 Å². The molecule has 0 saturated heterocycles. The lowest BCUT2D eigenvalue weighted by Crippen LogP contribution is -2.40. The SMILES string of the molecule is O=C(COc1ccc(Br)cc1)N1CCOc2ccccc21. The first kappa shape index (κ1) is 13.9. The molecule has 5 heteroatoms. The van der Waals surface area contributed by atoms with Crippen LogP contribution in [0.5, 0.6) is 11.5 Å². The summed E-state index contributed by atoms with van der Waals surface area (Å²) < 4.78 is 12.1. The van der Waals surface area contributed by atoms with Gasteiger partial charge in [0.1, 0.15) is 18.1 Å². The molecule has 1 amide bonds. The minimum absolute atomic E-state index is 0.00989. The highest BCUT2D eigenvalue weighted by Gasteiger charge is 2.23. The number of fused-ring (bicyclic) bond motifs is 1. The van der Waals surface area contributed by atoms with E-state index in [1.807, 2.05) is 48.5 Å². The first-order chi connectivity index (χ1) is 10.2. The second-order valence-electron chi connectivity index (χ2n) is 4.60. The van der Waals surface area contributed by atoms with Crippen LogP contribution in [0.1, 0.15) is 0 Å². The number of halogens is 1. The summed E-state index contributed by atoms with van der Waals surface area (Å²) in [6.07, 6.45) is 0. The number of benzene rings is 2. The molecular weight excluding hydrogens is 334 g/mol. The number of para-hydroxylation sites is 2. The Morgan fingerprint density at radius 3 is 2.76 bits per heavy atom. The molecular formula is C16H14BrNO3. The second kappa shape index (κ2) is 6.18. The van der Waals surface area contributed by atoms with Gasteiger partial charge in [0.2, 0.25) is 0 Å². The van der Waals surface area contributed by atoms with Gasteiger partial charge in [0, 0.05) is 4.47 Å². The molecule has 0 atom stereocenters. The average molecular weight is 348 g/mol.